The number of amides is 1. The molecule has 0 radical (unpaired) electrons. The van der Waals surface area contributed by atoms with Crippen molar-refractivity contribution in [2.24, 2.45) is 0 Å². The first-order valence-corrected chi connectivity index (χ1v) is 8.66. The van der Waals surface area contributed by atoms with Crippen LogP contribution in [0.2, 0.25) is 5.02 Å². The molecule has 0 bridgehead atoms. The number of anilines is 1. The van der Waals surface area contributed by atoms with Crippen molar-refractivity contribution in [2.75, 3.05) is 37.7 Å². The zero-order valence-corrected chi connectivity index (χ0v) is 14.9. The monoisotopic (exact) mass is 374 g/mol. The van der Waals surface area contributed by atoms with Gasteiger partial charge in [-0.25, -0.2) is 4.79 Å². The lowest BCUT2D eigenvalue weighted by atomic mass is 10.2. The Kier molecular flexibility index (Phi) is 5.63. The maximum atomic E-state index is 12.3. The van der Waals surface area contributed by atoms with Gasteiger partial charge in [0.2, 0.25) is 0 Å². The minimum absolute atomic E-state index is 0.0264. The van der Waals surface area contributed by atoms with Gasteiger partial charge in [-0.1, -0.05) is 29.8 Å². The molecule has 0 atom stereocenters. The molecule has 2 aromatic carbocycles. The summed E-state index contributed by atoms with van der Waals surface area (Å²) in [5, 5.41) is 10.1. The van der Waals surface area contributed by atoms with Crippen LogP contribution < -0.4 is 4.90 Å². The van der Waals surface area contributed by atoms with Crippen molar-refractivity contribution in [3.05, 3.63) is 59.1 Å². The second kappa shape index (κ2) is 8.10. The Hall–Kier alpha value is -2.73. The van der Waals surface area contributed by atoms with E-state index < -0.39 is 5.97 Å². The third kappa shape index (κ3) is 4.26. The standard InChI is InChI=1S/C19H19ClN2O4/c20-16-6-1-2-7-17(16)21-8-10-22(11-9-21)18(24)13-26-19(25)14-4-3-5-15(23)12-14/h1-7,12,23H,8-11,13H2. The summed E-state index contributed by atoms with van der Waals surface area (Å²) in [7, 11) is 0. The van der Waals surface area contributed by atoms with Crippen molar-refractivity contribution in [3.63, 3.8) is 0 Å². The molecule has 1 aliphatic rings. The maximum Gasteiger partial charge on any atom is 0.338 e. The molecule has 1 saturated heterocycles. The third-order valence-corrected chi connectivity index (χ3v) is 4.55. The van der Waals surface area contributed by atoms with Crippen LogP contribution in [0.4, 0.5) is 5.69 Å². The number of phenols is 1. The van der Waals surface area contributed by atoms with Crippen molar-refractivity contribution in [1.29, 1.82) is 0 Å². The van der Waals surface area contributed by atoms with E-state index in [2.05, 4.69) is 4.90 Å². The molecule has 6 nitrogen and oxygen atoms in total. The zero-order valence-electron chi connectivity index (χ0n) is 14.1. The molecule has 0 unspecified atom stereocenters. The van der Waals surface area contributed by atoms with E-state index in [0.717, 1.165) is 5.69 Å². The Morgan fingerprint density at radius 2 is 1.77 bits per heavy atom. The van der Waals surface area contributed by atoms with E-state index >= 15 is 0 Å². The molecule has 0 saturated carbocycles. The molecule has 26 heavy (non-hydrogen) atoms. The fourth-order valence-electron chi connectivity index (χ4n) is 2.84. The van der Waals surface area contributed by atoms with Gasteiger partial charge in [-0.2, -0.15) is 0 Å². The number of ether oxygens (including phenoxy) is 1. The Morgan fingerprint density at radius 3 is 2.46 bits per heavy atom. The average molecular weight is 375 g/mol. The minimum Gasteiger partial charge on any atom is -0.508 e. The molecule has 7 heteroatoms. The summed E-state index contributed by atoms with van der Waals surface area (Å²) in [6.07, 6.45) is 0. The van der Waals surface area contributed by atoms with Crippen LogP contribution in [0.3, 0.4) is 0 Å². The molecule has 1 fully saturated rings. The van der Waals surface area contributed by atoms with Gasteiger partial charge in [0.25, 0.3) is 5.91 Å². The summed E-state index contributed by atoms with van der Waals surface area (Å²) in [6.45, 7) is 2.08. The highest BCUT2D eigenvalue weighted by Gasteiger charge is 2.23. The van der Waals surface area contributed by atoms with Gasteiger partial charge in [0.15, 0.2) is 6.61 Å². The molecular weight excluding hydrogens is 356 g/mol. The normalized spacial score (nSPS) is 14.2. The highest BCUT2D eigenvalue weighted by atomic mass is 35.5. The number of rotatable bonds is 4. The molecule has 2 aromatic rings. The van der Waals surface area contributed by atoms with Gasteiger partial charge in [-0.3, -0.25) is 4.79 Å². The molecule has 0 spiro atoms. The highest BCUT2D eigenvalue weighted by Crippen LogP contribution is 2.26. The molecule has 0 aliphatic carbocycles. The molecular formula is C19H19ClN2O4. The number of hydrogen-bond acceptors (Lipinski definition) is 5. The number of carbonyl (C=O) groups is 2. The Balaban J connectivity index is 1.49. The summed E-state index contributed by atoms with van der Waals surface area (Å²) >= 11 is 6.21. The topological polar surface area (TPSA) is 70.1 Å². The quantitative estimate of drug-likeness (QED) is 0.833. The van der Waals surface area contributed by atoms with Crippen molar-refractivity contribution in [2.45, 2.75) is 0 Å². The zero-order chi connectivity index (χ0) is 18.5. The van der Waals surface area contributed by atoms with Gasteiger partial charge in [0.05, 0.1) is 16.3 Å². The van der Waals surface area contributed by atoms with E-state index in [1.807, 2.05) is 24.3 Å². The number of carbonyl (C=O) groups excluding carboxylic acids is 2. The van der Waals surface area contributed by atoms with Gasteiger partial charge in [-0.05, 0) is 30.3 Å². The SMILES string of the molecule is O=C(OCC(=O)N1CCN(c2ccccc2Cl)CC1)c1cccc(O)c1. The molecule has 1 amide bonds. The maximum absolute atomic E-state index is 12.3. The van der Waals surface area contributed by atoms with Crippen molar-refractivity contribution < 1.29 is 19.4 Å². The number of benzene rings is 2. The summed E-state index contributed by atoms with van der Waals surface area (Å²) in [6, 6.07) is 13.4. The summed E-state index contributed by atoms with van der Waals surface area (Å²) in [5.74, 6) is -0.900. The van der Waals surface area contributed by atoms with Crippen molar-refractivity contribution in [1.82, 2.24) is 4.90 Å². The Morgan fingerprint density at radius 1 is 1.04 bits per heavy atom. The molecule has 0 aromatic heterocycles. The number of esters is 1. The lowest BCUT2D eigenvalue weighted by Crippen LogP contribution is -2.50. The Labute approximate surface area is 156 Å². The highest BCUT2D eigenvalue weighted by molar-refractivity contribution is 6.33. The number of nitrogens with zero attached hydrogens (tertiary/aromatic N) is 2. The number of hydrogen-bond donors (Lipinski definition) is 1. The smallest absolute Gasteiger partial charge is 0.338 e. The van der Waals surface area contributed by atoms with E-state index in [4.69, 9.17) is 16.3 Å². The Bertz CT molecular complexity index is 804. The van der Waals surface area contributed by atoms with Crippen LogP contribution in [0.15, 0.2) is 48.5 Å². The lowest BCUT2D eigenvalue weighted by molar-refractivity contribution is -0.134. The van der Waals surface area contributed by atoms with E-state index in [9.17, 15) is 14.7 Å². The largest absolute Gasteiger partial charge is 0.508 e. The predicted molar refractivity (Wildman–Crippen MR) is 98.6 cm³/mol. The summed E-state index contributed by atoms with van der Waals surface area (Å²) < 4.78 is 5.05. The van der Waals surface area contributed by atoms with Crippen LogP contribution in [-0.4, -0.2) is 54.7 Å². The van der Waals surface area contributed by atoms with Crippen LogP contribution in [0, 0.1) is 0 Å². The summed E-state index contributed by atoms with van der Waals surface area (Å²) in [4.78, 5) is 28.0. The van der Waals surface area contributed by atoms with E-state index in [-0.39, 0.29) is 23.8 Å². The van der Waals surface area contributed by atoms with Crippen molar-refractivity contribution in [3.8, 4) is 5.75 Å². The van der Waals surface area contributed by atoms with Gasteiger partial charge < -0.3 is 19.6 Å². The molecule has 1 N–H and O–H groups in total. The van der Waals surface area contributed by atoms with E-state index in [1.54, 1.807) is 11.0 Å². The number of phenolic OH excluding ortho intramolecular Hbond substituents is 1. The minimum atomic E-state index is -0.635. The van der Waals surface area contributed by atoms with Gasteiger partial charge in [0, 0.05) is 26.2 Å². The molecule has 3 rings (SSSR count). The van der Waals surface area contributed by atoms with Crippen LogP contribution in [0.5, 0.6) is 5.75 Å². The van der Waals surface area contributed by atoms with Gasteiger partial charge >= 0.3 is 5.97 Å². The third-order valence-electron chi connectivity index (χ3n) is 4.23. The van der Waals surface area contributed by atoms with Crippen LogP contribution in [0.25, 0.3) is 0 Å². The lowest BCUT2D eigenvalue weighted by Gasteiger charge is -2.36. The van der Waals surface area contributed by atoms with Gasteiger partial charge in [-0.15, -0.1) is 0 Å². The first-order valence-electron chi connectivity index (χ1n) is 8.28. The van der Waals surface area contributed by atoms with Crippen LogP contribution in [0.1, 0.15) is 10.4 Å². The fourth-order valence-corrected chi connectivity index (χ4v) is 3.09. The first-order chi connectivity index (χ1) is 12.5. The second-order valence-corrected chi connectivity index (χ2v) is 6.35. The number of aromatic hydroxyl groups is 1. The average Bonchev–Trinajstić information content (AvgIpc) is 2.66. The number of piperazine rings is 1. The van der Waals surface area contributed by atoms with E-state index in [1.165, 1.54) is 18.2 Å². The van der Waals surface area contributed by atoms with E-state index in [0.29, 0.717) is 31.2 Å². The van der Waals surface area contributed by atoms with Crippen LogP contribution >= 0.6 is 11.6 Å². The van der Waals surface area contributed by atoms with Gasteiger partial charge in [0.1, 0.15) is 5.75 Å². The van der Waals surface area contributed by atoms with Crippen LogP contribution in [-0.2, 0) is 9.53 Å². The number of halogens is 1. The summed E-state index contributed by atoms with van der Waals surface area (Å²) in [5.41, 5.74) is 1.16. The van der Waals surface area contributed by atoms with Crippen molar-refractivity contribution >= 4 is 29.2 Å². The second-order valence-electron chi connectivity index (χ2n) is 5.95. The fraction of sp³-hybridized carbons (Fsp3) is 0.263. The number of para-hydroxylation sites is 1. The molecule has 1 heterocycles. The first kappa shape index (κ1) is 18.1. The predicted octanol–water partition coefficient (Wildman–Crippen LogP) is 2.55. The molecule has 1 aliphatic heterocycles. The molecule has 136 valence electrons.